The van der Waals surface area contributed by atoms with E-state index >= 15 is 0 Å². The molecule has 1 aliphatic rings. The monoisotopic (exact) mass is 428 g/mol. The lowest BCUT2D eigenvalue weighted by atomic mass is 10.1. The van der Waals surface area contributed by atoms with E-state index in [1.165, 1.54) is 12.1 Å². The maximum Gasteiger partial charge on any atom is 0.433 e. The van der Waals surface area contributed by atoms with Crippen LogP contribution in [-0.2, 0) is 6.18 Å². The van der Waals surface area contributed by atoms with Crippen molar-refractivity contribution in [3.8, 4) is 11.5 Å². The summed E-state index contributed by atoms with van der Waals surface area (Å²) in [6, 6.07) is 13.5. The van der Waals surface area contributed by atoms with Gasteiger partial charge in [0.15, 0.2) is 5.82 Å². The molecule has 9 heteroatoms. The SMILES string of the molecule is C[C@H](Nc1nc(N[C@H](C)C2CC2)nc(-c2cccc(C(F)(F)F)n2)n1)c1ccccc1. The molecular formula is C22H23F3N6. The zero-order valence-corrected chi connectivity index (χ0v) is 17.2. The molecule has 1 saturated carbocycles. The number of nitrogens with zero attached hydrogens (tertiary/aromatic N) is 4. The summed E-state index contributed by atoms with van der Waals surface area (Å²) in [4.78, 5) is 16.9. The topological polar surface area (TPSA) is 75.6 Å². The minimum absolute atomic E-state index is 0.0368. The van der Waals surface area contributed by atoms with E-state index < -0.39 is 11.9 Å². The first-order valence-electron chi connectivity index (χ1n) is 10.2. The maximum atomic E-state index is 13.1. The Morgan fingerprint density at radius 2 is 1.52 bits per heavy atom. The van der Waals surface area contributed by atoms with E-state index in [2.05, 4.69) is 30.6 Å². The number of halogens is 3. The number of benzene rings is 1. The van der Waals surface area contributed by atoms with Crippen molar-refractivity contribution in [2.75, 3.05) is 10.6 Å². The van der Waals surface area contributed by atoms with Gasteiger partial charge >= 0.3 is 6.18 Å². The van der Waals surface area contributed by atoms with E-state index in [-0.39, 0.29) is 29.6 Å². The van der Waals surface area contributed by atoms with E-state index in [1.54, 1.807) is 0 Å². The van der Waals surface area contributed by atoms with Gasteiger partial charge in [0.1, 0.15) is 11.4 Å². The van der Waals surface area contributed by atoms with Crippen LogP contribution in [-0.4, -0.2) is 26.0 Å². The Morgan fingerprint density at radius 3 is 2.16 bits per heavy atom. The number of pyridine rings is 1. The van der Waals surface area contributed by atoms with Gasteiger partial charge in [-0.05, 0) is 50.3 Å². The van der Waals surface area contributed by atoms with Crippen molar-refractivity contribution in [3.63, 3.8) is 0 Å². The molecule has 0 amide bonds. The first kappa shape index (κ1) is 21.0. The van der Waals surface area contributed by atoms with Crippen LogP contribution in [0, 0.1) is 5.92 Å². The quantitative estimate of drug-likeness (QED) is 0.529. The van der Waals surface area contributed by atoms with Crippen molar-refractivity contribution < 1.29 is 13.2 Å². The summed E-state index contributed by atoms with van der Waals surface area (Å²) in [6.07, 6.45) is -2.28. The van der Waals surface area contributed by atoms with E-state index in [1.807, 2.05) is 44.2 Å². The maximum absolute atomic E-state index is 13.1. The zero-order chi connectivity index (χ0) is 22.0. The van der Waals surface area contributed by atoms with Crippen molar-refractivity contribution in [2.45, 2.75) is 44.9 Å². The van der Waals surface area contributed by atoms with Crippen LogP contribution in [0.3, 0.4) is 0 Å². The molecule has 1 aliphatic carbocycles. The number of anilines is 2. The van der Waals surface area contributed by atoms with Crippen molar-refractivity contribution in [3.05, 3.63) is 59.8 Å². The fraction of sp³-hybridized carbons (Fsp3) is 0.364. The van der Waals surface area contributed by atoms with Gasteiger partial charge in [0.05, 0.1) is 6.04 Å². The van der Waals surface area contributed by atoms with Gasteiger partial charge < -0.3 is 10.6 Å². The van der Waals surface area contributed by atoms with Crippen LogP contribution in [0.4, 0.5) is 25.1 Å². The summed E-state index contributed by atoms with van der Waals surface area (Å²) >= 11 is 0. The fourth-order valence-corrected chi connectivity index (χ4v) is 3.27. The second-order valence-electron chi connectivity index (χ2n) is 7.76. The third kappa shape index (κ3) is 5.28. The molecule has 6 nitrogen and oxygen atoms in total. The van der Waals surface area contributed by atoms with E-state index in [9.17, 15) is 13.2 Å². The predicted molar refractivity (Wildman–Crippen MR) is 112 cm³/mol. The van der Waals surface area contributed by atoms with Crippen LogP contribution in [0.2, 0.25) is 0 Å². The lowest BCUT2D eigenvalue weighted by Crippen LogP contribution is -2.20. The number of aromatic nitrogens is 4. The van der Waals surface area contributed by atoms with Crippen LogP contribution in [0.5, 0.6) is 0 Å². The van der Waals surface area contributed by atoms with Crippen molar-refractivity contribution in [1.82, 2.24) is 19.9 Å². The molecule has 1 fully saturated rings. The smallest absolute Gasteiger partial charge is 0.351 e. The van der Waals surface area contributed by atoms with Gasteiger partial charge in [-0.15, -0.1) is 0 Å². The molecule has 0 spiro atoms. The second-order valence-corrected chi connectivity index (χ2v) is 7.76. The molecule has 2 atom stereocenters. The Kier molecular flexibility index (Phi) is 5.75. The molecule has 0 radical (unpaired) electrons. The summed E-state index contributed by atoms with van der Waals surface area (Å²) < 4.78 is 39.4. The molecule has 0 aliphatic heterocycles. The molecule has 4 rings (SSSR count). The molecule has 0 bridgehead atoms. The molecular weight excluding hydrogens is 405 g/mol. The van der Waals surface area contributed by atoms with Crippen molar-refractivity contribution >= 4 is 11.9 Å². The molecule has 2 aromatic heterocycles. The third-order valence-corrected chi connectivity index (χ3v) is 5.24. The highest BCUT2D eigenvalue weighted by Crippen LogP contribution is 2.34. The molecule has 0 saturated heterocycles. The lowest BCUT2D eigenvalue weighted by Gasteiger charge is -2.17. The van der Waals surface area contributed by atoms with Crippen LogP contribution in [0.1, 0.15) is 44.0 Å². The van der Waals surface area contributed by atoms with Crippen LogP contribution in [0.25, 0.3) is 11.5 Å². The largest absolute Gasteiger partial charge is 0.433 e. The molecule has 31 heavy (non-hydrogen) atoms. The molecule has 0 unspecified atom stereocenters. The summed E-state index contributed by atoms with van der Waals surface area (Å²) in [7, 11) is 0. The molecule has 2 heterocycles. The van der Waals surface area contributed by atoms with Crippen LogP contribution < -0.4 is 10.6 Å². The van der Waals surface area contributed by atoms with Gasteiger partial charge in [-0.1, -0.05) is 36.4 Å². The van der Waals surface area contributed by atoms with Crippen LogP contribution in [0.15, 0.2) is 48.5 Å². The van der Waals surface area contributed by atoms with Crippen molar-refractivity contribution in [1.29, 1.82) is 0 Å². The van der Waals surface area contributed by atoms with E-state index in [0.717, 1.165) is 24.5 Å². The Balaban J connectivity index is 1.67. The number of hydrogen-bond donors (Lipinski definition) is 2. The van der Waals surface area contributed by atoms with E-state index in [0.29, 0.717) is 11.9 Å². The highest BCUT2D eigenvalue weighted by molar-refractivity contribution is 5.54. The number of alkyl halides is 3. The third-order valence-electron chi connectivity index (χ3n) is 5.24. The number of rotatable bonds is 7. The number of nitrogens with one attached hydrogen (secondary N) is 2. The van der Waals surface area contributed by atoms with Gasteiger partial charge in [-0.2, -0.15) is 28.1 Å². The number of hydrogen-bond acceptors (Lipinski definition) is 6. The average Bonchev–Trinajstić information content (AvgIpc) is 3.59. The first-order chi connectivity index (χ1) is 14.8. The normalized spacial score (nSPS) is 15.9. The van der Waals surface area contributed by atoms with E-state index in [4.69, 9.17) is 0 Å². The van der Waals surface area contributed by atoms with Gasteiger partial charge in [0, 0.05) is 6.04 Å². The molecule has 2 N–H and O–H groups in total. The average molecular weight is 428 g/mol. The Bertz CT molecular complexity index is 1040. The molecule has 1 aromatic carbocycles. The fourth-order valence-electron chi connectivity index (χ4n) is 3.27. The Hall–Kier alpha value is -3.23. The Labute approximate surface area is 178 Å². The molecule has 3 aromatic rings. The summed E-state index contributed by atoms with van der Waals surface area (Å²) in [5, 5.41) is 6.48. The van der Waals surface area contributed by atoms with Crippen LogP contribution >= 0.6 is 0 Å². The van der Waals surface area contributed by atoms with Gasteiger partial charge in [0.2, 0.25) is 11.9 Å². The van der Waals surface area contributed by atoms with Gasteiger partial charge in [-0.3, -0.25) is 0 Å². The summed E-state index contributed by atoms with van der Waals surface area (Å²) in [5.41, 5.74) is 0.0794. The van der Waals surface area contributed by atoms with Gasteiger partial charge in [-0.25, -0.2) is 4.98 Å². The highest BCUT2D eigenvalue weighted by atomic mass is 19.4. The zero-order valence-electron chi connectivity index (χ0n) is 17.2. The van der Waals surface area contributed by atoms with Gasteiger partial charge in [0.25, 0.3) is 0 Å². The minimum Gasteiger partial charge on any atom is -0.351 e. The lowest BCUT2D eigenvalue weighted by molar-refractivity contribution is -0.141. The first-order valence-corrected chi connectivity index (χ1v) is 10.2. The van der Waals surface area contributed by atoms with Crippen molar-refractivity contribution in [2.24, 2.45) is 5.92 Å². The predicted octanol–water partition coefficient (Wildman–Crippen LogP) is 5.34. The highest BCUT2D eigenvalue weighted by Gasteiger charge is 2.33. The standard InChI is InChI=1S/C22H23F3N6/c1-13(15-7-4-3-5-8-15)26-20-29-19(17-9-6-10-18(28-17)22(23,24)25)30-21(31-20)27-14(2)16-11-12-16/h3-10,13-14,16H,11-12H2,1-2H3,(H2,26,27,29,30,31)/t13-,14+/m0/s1. The molecule has 162 valence electrons. The second kappa shape index (κ2) is 8.49. The Morgan fingerprint density at radius 1 is 0.839 bits per heavy atom. The summed E-state index contributed by atoms with van der Waals surface area (Å²) in [5.74, 6) is 1.21. The summed E-state index contributed by atoms with van der Waals surface area (Å²) in [6.45, 7) is 4.00. The minimum atomic E-state index is -4.55.